The lowest BCUT2D eigenvalue weighted by atomic mass is 10.1. The van der Waals surface area contributed by atoms with Gasteiger partial charge in [-0.1, -0.05) is 30.3 Å². The molecule has 0 saturated carbocycles. The van der Waals surface area contributed by atoms with Gasteiger partial charge >= 0.3 is 0 Å². The summed E-state index contributed by atoms with van der Waals surface area (Å²) >= 11 is 0. The molecule has 4 nitrogen and oxygen atoms in total. The van der Waals surface area contributed by atoms with Crippen molar-refractivity contribution in [3.05, 3.63) is 53.6 Å². The number of carbonyl (C=O) groups is 1. The molecule has 0 atom stereocenters. The first-order valence-electron chi connectivity index (χ1n) is 7.13. The third kappa shape index (κ3) is 4.01. The third-order valence-electron chi connectivity index (χ3n) is 3.30. The molecule has 0 aliphatic carbocycles. The molecule has 2 aromatic rings. The molecule has 2 rings (SSSR count). The summed E-state index contributed by atoms with van der Waals surface area (Å²) in [5, 5.41) is 0. The molecule has 0 fully saturated rings. The van der Waals surface area contributed by atoms with E-state index in [1.807, 2.05) is 42.5 Å². The number of rotatable bonds is 8. The Bertz CT molecular complexity index is 583. The number of benzene rings is 2. The van der Waals surface area contributed by atoms with Crippen molar-refractivity contribution >= 4 is 6.29 Å². The van der Waals surface area contributed by atoms with Gasteiger partial charge in [0.25, 0.3) is 0 Å². The van der Waals surface area contributed by atoms with Gasteiger partial charge in [-0.15, -0.1) is 0 Å². The van der Waals surface area contributed by atoms with Crippen molar-refractivity contribution in [3.8, 4) is 17.2 Å². The zero-order valence-electron chi connectivity index (χ0n) is 12.9. The van der Waals surface area contributed by atoms with E-state index in [1.54, 1.807) is 14.2 Å². The van der Waals surface area contributed by atoms with Crippen LogP contribution in [0.4, 0.5) is 0 Å². The van der Waals surface area contributed by atoms with Crippen molar-refractivity contribution in [3.63, 3.8) is 0 Å². The van der Waals surface area contributed by atoms with Crippen LogP contribution in [0.3, 0.4) is 0 Å². The highest BCUT2D eigenvalue weighted by atomic mass is 16.5. The molecule has 0 unspecified atom stereocenters. The maximum absolute atomic E-state index is 10.5. The molecule has 22 heavy (non-hydrogen) atoms. The first-order chi connectivity index (χ1) is 10.8. The summed E-state index contributed by atoms with van der Waals surface area (Å²) in [7, 11) is 3.18. The SMILES string of the molecule is COc1cc(CCC=O)cc(OC)c1OCc1ccccc1. The highest BCUT2D eigenvalue weighted by Gasteiger charge is 2.14. The van der Waals surface area contributed by atoms with Crippen LogP contribution >= 0.6 is 0 Å². The molecule has 0 aliphatic heterocycles. The maximum Gasteiger partial charge on any atom is 0.203 e. The van der Waals surface area contributed by atoms with Gasteiger partial charge in [-0.2, -0.15) is 0 Å². The van der Waals surface area contributed by atoms with Crippen molar-refractivity contribution in [2.24, 2.45) is 0 Å². The molecule has 2 aromatic carbocycles. The van der Waals surface area contributed by atoms with Gasteiger partial charge in [0.05, 0.1) is 14.2 Å². The van der Waals surface area contributed by atoms with E-state index in [0.717, 1.165) is 17.4 Å². The Balaban J connectivity index is 2.22. The molecule has 0 N–H and O–H groups in total. The average Bonchev–Trinajstić information content (AvgIpc) is 2.58. The highest BCUT2D eigenvalue weighted by molar-refractivity contribution is 5.55. The van der Waals surface area contributed by atoms with Crippen molar-refractivity contribution < 1.29 is 19.0 Å². The predicted octanol–water partition coefficient (Wildman–Crippen LogP) is 3.41. The van der Waals surface area contributed by atoms with Crippen LogP contribution in [0, 0.1) is 0 Å². The zero-order chi connectivity index (χ0) is 15.8. The Labute approximate surface area is 130 Å². The smallest absolute Gasteiger partial charge is 0.203 e. The molecule has 0 saturated heterocycles. The number of carbonyl (C=O) groups excluding carboxylic acids is 1. The fourth-order valence-corrected chi connectivity index (χ4v) is 2.18. The van der Waals surface area contributed by atoms with Gasteiger partial charge < -0.3 is 19.0 Å². The summed E-state index contributed by atoms with van der Waals surface area (Å²) in [6, 6.07) is 13.7. The molecule has 0 spiro atoms. The molecule has 0 bridgehead atoms. The molecular weight excluding hydrogens is 280 g/mol. The Morgan fingerprint density at radius 3 is 2.14 bits per heavy atom. The van der Waals surface area contributed by atoms with E-state index >= 15 is 0 Å². The summed E-state index contributed by atoms with van der Waals surface area (Å²) in [6.07, 6.45) is 2.02. The normalized spacial score (nSPS) is 10.1. The van der Waals surface area contributed by atoms with Gasteiger partial charge in [0.2, 0.25) is 5.75 Å². The lowest BCUT2D eigenvalue weighted by molar-refractivity contribution is -0.107. The van der Waals surface area contributed by atoms with Crippen LogP contribution in [0.5, 0.6) is 17.2 Å². The molecular formula is C18H20O4. The van der Waals surface area contributed by atoms with Crippen molar-refractivity contribution in [2.45, 2.75) is 19.4 Å². The van der Waals surface area contributed by atoms with Crippen LogP contribution < -0.4 is 14.2 Å². The number of hydrogen-bond acceptors (Lipinski definition) is 4. The van der Waals surface area contributed by atoms with Crippen LogP contribution in [0.2, 0.25) is 0 Å². The van der Waals surface area contributed by atoms with Crippen molar-refractivity contribution in [2.75, 3.05) is 14.2 Å². The standard InChI is InChI=1S/C18H20O4/c1-20-16-11-15(9-6-10-19)12-17(21-2)18(16)22-13-14-7-4-3-5-8-14/h3-5,7-8,10-12H,6,9,13H2,1-2H3. The summed E-state index contributed by atoms with van der Waals surface area (Å²) in [5.74, 6) is 1.79. The first kappa shape index (κ1) is 15.9. The van der Waals surface area contributed by atoms with E-state index in [2.05, 4.69) is 0 Å². The van der Waals surface area contributed by atoms with Gasteiger partial charge in [-0.3, -0.25) is 0 Å². The van der Waals surface area contributed by atoms with Gasteiger partial charge in [-0.25, -0.2) is 0 Å². The second-order valence-electron chi connectivity index (χ2n) is 4.81. The van der Waals surface area contributed by atoms with Crippen molar-refractivity contribution in [1.82, 2.24) is 0 Å². The summed E-state index contributed by atoms with van der Waals surface area (Å²) in [5.41, 5.74) is 2.05. The Morgan fingerprint density at radius 1 is 0.955 bits per heavy atom. The fraction of sp³-hybridized carbons (Fsp3) is 0.278. The topological polar surface area (TPSA) is 44.8 Å². The van der Waals surface area contributed by atoms with Gasteiger partial charge in [0.1, 0.15) is 12.9 Å². The van der Waals surface area contributed by atoms with Gasteiger partial charge in [0, 0.05) is 6.42 Å². The van der Waals surface area contributed by atoms with Crippen molar-refractivity contribution in [1.29, 1.82) is 0 Å². The molecule has 0 aliphatic rings. The van der Waals surface area contributed by atoms with E-state index in [1.165, 1.54) is 0 Å². The van der Waals surface area contributed by atoms with Crippen LogP contribution in [-0.4, -0.2) is 20.5 Å². The lowest BCUT2D eigenvalue weighted by Gasteiger charge is -2.16. The van der Waals surface area contributed by atoms with Gasteiger partial charge in [-0.05, 0) is 29.7 Å². The van der Waals surface area contributed by atoms with Crippen LogP contribution in [-0.2, 0) is 17.8 Å². The van der Waals surface area contributed by atoms with E-state index in [9.17, 15) is 4.79 Å². The summed E-state index contributed by atoms with van der Waals surface area (Å²) < 4.78 is 16.7. The lowest BCUT2D eigenvalue weighted by Crippen LogP contribution is -2.01. The minimum atomic E-state index is 0.432. The quantitative estimate of drug-likeness (QED) is 0.701. The first-order valence-corrected chi connectivity index (χ1v) is 7.13. The van der Waals surface area contributed by atoms with Crippen LogP contribution in [0.15, 0.2) is 42.5 Å². The van der Waals surface area contributed by atoms with E-state index in [-0.39, 0.29) is 0 Å². The molecule has 0 radical (unpaired) electrons. The zero-order valence-corrected chi connectivity index (χ0v) is 12.9. The van der Waals surface area contributed by atoms with Crippen LogP contribution in [0.25, 0.3) is 0 Å². The number of hydrogen-bond donors (Lipinski definition) is 0. The minimum Gasteiger partial charge on any atom is -0.493 e. The Hall–Kier alpha value is -2.49. The van der Waals surface area contributed by atoms with E-state index in [4.69, 9.17) is 14.2 Å². The molecule has 0 aromatic heterocycles. The molecule has 116 valence electrons. The van der Waals surface area contributed by atoms with E-state index in [0.29, 0.717) is 36.7 Å². The van der Waals surface area contributed by atoms with E-state index < -0.39 is 0 Å². The largest absolute Gasteiger partial charge is 0.493 e. The second-order valence-corrected chi connectivity index (χ2v) is 4.81. The monoisotopic (exact) mass is 300 g/mol. The maximum atomic E-state index is 10.5. The van der Waals surface area contributed by atoms with Crippen LogP contribution in [0.1, 0.15) is 17.5 Å². The highest BCUT2D eigenvalue weighted by Crippen LogP contribution is 2.39. The molecule has 4 heteroatoms. The second kappa shape index (κ2) is 8.08. The average molecular weight is 300 g/mol. The number of aryl methyl sites for hydroxylation is 1. The Kier molecular flexibility index (Phi) is 5.83. The summed E-state index contributed by atoms with van der Waals surface area (Å²) in [4.78, 5) is 10.5. The predicted molar refractivity (Wildman–Crippen MR) is 84.7 cm³/mol. The fourth-order valence-electron chi connectivity index (χ4n) is 2.18. The minimum absolute atomic E-state index is 0.432. The van der Waals surface area contributed by atoms with Gasteiger partial charge in [0.15, 0.2) is 11.5 Å². The summed E-state index contributed by atoms with van der Waals surface area (Å²) in [6.45, 7) is 0.432. The Morgan fingerprint density at radius 2 is 1.59 bits per heavy atom. The number of methoxy groups -OCH3 is 2. The third-order valence-corrected chi connectivity index (χ3v) is 3.30. The number of aldehydes is 1. The molecule has 0 amide bonds. The molecule has 0 heterocycles. The number of ether oxygens (including phenoxy) is 3.